The van der Waals surface area contributed by atoms with E-state index in [2.05, 4.69) is 5.32 Å². The van der Waals surface area contributed by atoms with Gasteiger partial charge in [-0.2, -0.15) is 0 Å². The lowest BCUT2D eigenvalue weighted by molar-refractivity contribution is -0.132. The maximum Gasteiger partial charge on any atom is 0.300 e. The van der Waals surface area contributed by atoms with Crippen molar-refractivity contribution in [1.29, 1.82) is 0 Å². The van der Waals surface area contributed by atoms with Gasteiger partial charge in [0.15, 0.2) is 0 Å². The third-order valence-electron chi connectivity index (χ3n) is 6.51. The van der Waals surface area contributed by atoms with Crippen LogP contribution in [-0.4, -0.2) is 16.8 Å². The van der Waals surface area contributed by atoms with Crippen molar-refractivity contribution in [2.45, 2.75) is 6.04 Å². The molecule has 0 bridgehead atoms. The van der Waals surface area contributed by atoms with Gasteiger partial charge in [0.2, 0.25) is 0 Å². The van der Waals surface area contributed by atoms with Crippen LogP contribution in [0.25, 0.3) is 16.5 Å². The molecule has 1 amide bonds. The van der Waals surface area contributed by atoms with Gasteiger partial charge in [-0.05, 0) is 59.3 Å². The molecule has 0 spiro atoms. The summed E-state index contributed by atoms with van der Waals surface area (Å²) in [5, 5.41) is 16.5. The third-order valence-corrected chi connectivity index (χ3v) is 6.51. The Morgan fingerprint density at radius 3 is 2.22 bits per heavy atom. The van der Waals surface area contributed by atoms with Crippen molar-refractivity contribution < 1.29 is 19.1 Å². The number of rotatable bonds is 5. The fraction of sp³-hybridized carbons (Fsp3) is 0.0323. The number of hydrogen-bond acceptors (Lipinski definition) is 5. The van der Waals surface area contributed by atoms with Crippen LogP contribution in [-0.2, 0) is 9.59 Å². The molecule has 1 atom stereocenters. The lowest BCUT2D eigenvalue weighted by Crippen LogP contribution is -2.29. The first-order valence-electron chi connectivity index (χ1n) is 11.9. The van der Waals surface area contributed by atoms with Crippen LogP contribution in [0.3, 0.4) is 0 Å². The molecule has 0 saturated carbocycles. The first kappa shape index (κ1) is 22.4. The number of carbonyl (C=O) groups excluding carboxylic acids is 2. The molecule has 1 aliphatic heterocycles. The van der Waals surface area contributed by atoms with Gasteiger partial charge in [-0.1, -0.05) is 60.7 Å². The molecule has 1 fully saturated rings. The van der Waals surface area contributed by atoms with Gasteiger partial charge in [0, 0.05) is 22.6 Å². The number of benzene rings is 4. The van der Waals surface area contributed by atoms with Crippen LogP contribution in [0.2, 0.25) is 0 Å². The van der Waals surface area contributed by atoms with Gasteiger partial charge in [0.1, 0.15) is 17.6 Å². The highest BCUT2D eigenvalue weighted by Crippen LogP contribution is 2.43. The van der Waals surface area contributed by atoms with Crippen molar-refractivity contribution in [3.8, 4) is 0 Å². The fourth-order valence-electron chi connectivity index (χ4n) is 4.79. The number of ketones is 1. The summed E-state index contributed by atoms with van der Waals surface area (Å²) in [7, 11) is 0. The number of hydrogen-bond donors (Lipinski definition) is 2. The molecule has 6 rings (SSSR count). The predicted octanol–water partition coefficient (Wildman–Crippen LogP) is 6.80. The zero-order valence-electron chi connectivity index (χ0n) is 19.7. The van der Waals surface area contributed by atoms with E-state index >= 15 is 0 Å². The summed E-state index contributed by atoms with van der Waals surface area (Å²) in [6, 6.07) is 32.5. The van der Waals surface area contributed by atoms with Crippen molar-refractivity contribution in [2.24, 2.45) is 0 Å². The van der Waals surface area contributed by atoms with Crippen molar-refractivity contribution >= 4 is 45.3 Å². The second-order valence-corrected chi connectivity index (χ2v) is 8.75. The molecule has 6 heteroatoms. The lowest BCUT2D eigenvalue weighted by atomic mass is 9.96. The summed E-state index contributed by atoms with van der Waals surface area (Å²) >= 11 is 0. The van der Waals surface area contributed by atoms with E-state index in [1.54, 1.807) is 30.3 Å². The highest BCUT2D eigenvalue weighted by atomic mass is 16.3. The number of aliphatic hydroxyl groups excluding tert-OH is 1. The van der Waals surface area contributed by atoms with Crippen LogP contribution in [0.4, 0.5) is 17.1 Å². The van der Waals surface area contributed by atoms with E-state index in [0.29, 0.717) is 17.0 Å². The Morgan fingerprint density at radius 1 is 0.757 bits per heavy atom. The molecule has 1 saturated heterocycles. The van der Waals surface area contributed by atoms with Gasteiger partial charge in [-0.15, -0.1) is 0 Å². The molecule has 4 aromatic carbocycles. The van der Waals surface area contributed by atoms with Crippen LogP contribution < -0.4 is 10.2 Å². The van der Waals surface area contributed by atoms with Crippen LogP contribution in [0.1, 0.15) is 17.4 Å². The van der Waals surface area contributed by atoms with E-state index in [-0.39, 0.29) is 11.3 Å². The molecular formula is C31H22N2O4. The number of para-hydroxylation sites is 1. The number of aliphatic hydroxyl groups is 1. The molecule has 0 radical (unpaired) electrons. The van der Waals surface area contributed by atoms with Crippen LogP contribution >= 0.6 is 0 Å². The van der Waals surface area contributed by atoms with E-state index < -0.39 is 17.7 Å². The zero-order chi connectivity index (χ0) is 25.4. The van der Waals surface area contributed by atoms with Crippen LogP contribution in [0.5, 0.6) is 0 Å². The lowest BCUT2D eigenvalue weighted by Gasteiger charge is -2.23. The average Bonchev–Trinajstić information content (AvgIpc) is 3.56. The Morgan fingerprint density at radius 2 is 1.46 bits per heavy atom. The van der Waals surface area contributed by atoms with E-state index in [1.807, 2.05) is 78.9 Å². The quantitative estimate of drug-likeness (QED) is 0.162. The summed E-state index contributed by atoms with van der Waals surface area (Å²) in [4.78, 5) is 28.1. The van der Waals surface area contributed by atoms with Gasteiger partial charge in [-0.25, -0.2) is 0 Å². The molecule has 1 aliphatic rings. The number of furan rings is 1. The number of Topliss-reactive ketones (excluding diaryl/α,β-unsaturated/α-hetero) is 1. The standard InChI is InChI=1S/C31H22N2O4/c34-29(25-13-6-9-20-8-4-5-12-24(20)25)27-28(26-14-7-19-37-26)33(31(36)30(27)35)23-17-15-22(16-18-23)32-21-10-2-1-3-11-21/h1-19,28,32,34H/b29-27-. The number of nitrogens with zero attached hydrogens (tertiary/aromatic N) is 1. The largest absolute Gasteiger partial charge is 0.507 e. The summed E-state index contributed by atoms with van der Waals surface area (Å²) in [6.45, 7) is 0. The molecule has 2 N–H and O–H groups in total. The van der Waals surface area contributed by atoms with Gasteiger partial charge in [-0.3, -0.25) is 14.5 Å². The fourth-order valence-corrected chi connectivity index (χ4v) is 4.79. The molecule has 5 aromatic rings. The first-order chi connectivity index (χ1) is 18.1. The van der Waals surface area contributed by atoms with Crippen molar-refractivity contribution in [3.63, 3.8) is 0 Å². The number of nitrogens with one attached hydrogen (secondary N) is 1. The molecule has 1 aromatic heterocycles. The molecule has 2 heterocycles. The minimum atomic E-state index is -0.915. The average molecular weight is 487 g/mol. The number of amides is 1. The van der Waals surface area contributed by atoms with Gasteiger partial charge < -0.3 is 14.8 Å². The van der Waals surface area contributed by atoms with Crippen LogP contribution in [0, 0.1) is 0 Å². The molecule has 1 unspecified atom stereocenters. The first-order valence-corrected chi connectivity index (χ1v) is 11.9. The van der Waals surface area contributed by atoms with E-state index in [9.17, 15) is 14.7 Å². The Balaban J connectivity index is 1.45. The third kappa shape index (κ3) is 3.94. The minimum Gasteiger partial charge on any atom is -0.507 e. The maximum absolute atomic E-state index is 13.4. The van der Waals surface area contributed by atoms with Crippen molar-refractivity contribution in [2.75, 3.05) is 10.2 Å². The normalized spacial score (nSPS) is 16.9. The van der Waals surface area contributed by atoms with Crippen molar-refractivity contribution in [3.05, 3.63) is 132 Å². The number of anilines is 3. The molecular weight excluding hydrogens is 464 g/mol. The SMILES string of the molecule is O=C1C(=O)N(c2ccc(Nc3ccccc3)cc2)C(c2ccco2)/C1=C(/O)c1cccc2ccccc12. The highest BCUT2D eigenvalue weighted by molar-refractivity contribution is 6.51. The van der Waals surface area contributed by atoms with E-state index in [4.69, 9.17) is 4.42 Å². The number of fused-ring (bicyclic) bond motifs is 1. The maximum atomic E-state index is 13.4. The topological polar surface area (TPSA) is 82.8 Å². The minimum absolute atomic E-state index is 0.0113. The Kier molecular flexibility index (Phi) is 5.54. The zero-order valence-corrected chi connectivity index (χ0v) is 19.7. The monoisotopic (exact) mass is 486 g/mol. The van der Waals surface area contributed by atoms with Crippen molar-refractivity contribution in [1.82, 2.24) is 0 Å². The Bertz CT molecular complexity index is 1630. The molecule has 180 valence electrons. The Labute approximate surface area is 213 Å². The summed E-state index contributed by atoms with van der Waals surface area (Å²) in [5.74, 6) is -1.35. The van der Waals surface area contributed by atoms with E-state index in [0.717, 1.165) is 22.1 Å². The second-order valence-electron chi connectivity index (χ2n) is 8.75. The number of carbonyl (C=O) groups is 2. The van der Waals surface area contributed by atoms with Gasteiger partial charge in [0.05, 0.1) is 11.8 Å². The predicted molar refractivity (Wildman–Crippen MR) is 144 cm³/mol. The van der Waals surface area contributed by atoms with Crippen LogP contribution in [0.15, 0.2) is 125 Å². The van der Waals surface area contributed by atoms with Gasteiger partial charge in [0.25, 0.3) is 11.7 Å². The Hall–Kier alpha value is -5.10. The van der Waals surface area contributed by atoms with E-state index in [1.165, 1.54) is 11.2 Å². The second kappa shape index (κ2) is 9.17. The summed E-state index contributed by atoms with van der Waals surface area (Å²) in [6.07, 6.45) is 1.49. The molecule has 6 nitrogen and oxygen atoms in total. The summed E-state index contributed by atoms with van der Waals surface area (Å²) in [5.41, 5.74) is 2.75. The van der Waals surface area contributed by atoms with Gasteiger partial charge >= 0.3 is 0 Å². The summed E-state index contributed by atoms with van der Waals surface area (Å²) < 4.78 is 5.67. The smallest absolute Gasteiger partial charge is 0.300 e. The molecule has 0 aliphatic carbocycles. The molecule has 37 heavy (non-hydrogen) atoms. The highest BCUT2D eigenvalue weighted by Gasteiger charge is 2.48.